The first-order chi connectivity index (χ1) is 18.7. The van der Waals surface area contributed by atoms with Gasteiger partial charge in [-0.3, -0.25) is 0 Å². The van der Waals surface area contributed by atoms with E-state index in [9.17, 15) is 9.59 Å². The van der Waals surface area contributed by atoms with Crippen molar-refractivity contribution in [3.8, 4) is 11.5 Å². The molecule has 0 aromatic heterocycles. The monoisotopic (exact) mass is 528 g/mol. The van der Waals surface area contributed by atoms with Gasteiger partial charge in [-0.25, -0.2) is 9.59 Å². The van der Waals surface area contributed by atoms with E-state index in [1.165, 1.54) is 12.2 Å². The summed E-state index contributed by atoms with van der Waals surface area (Å²) in [5.41, 5.74) is 4.45. The molecule has 3 rings (SSSR count). The minimum Gasteiger partial charge on any atom is -0.497 e. The number of carbonyl (C=O) groups is 2. The number of carbonyl (C=O) groups excluding carboxylic acids is 2. The summed E-state index contributed by atoms with van der Waals surface area (Å²) in [6.45, 7) is 6.20. The van der Waals surface area contributed by atoms with Gasteiger partial charge in [0.2, 0.25) is 0 Å². The first kappa shape index (κ1) is 29.2. The van der Waals surface area contributed by atoms with Crippen LogP contribution in [0, 0.1) is 19.3 Å². The molecule has 204 valence electrons. The molecular weight excluding hydrogens is 492 g/mol. The van der Waals surface area contributed by atoms with Crippen LogP contribution in [0.4, 0.5) is 0 Å². The summed E-state index contributed by atoms with van der Waals surface area (Å²) >= 11 is 0. The highest BCUT2D eigenvalue weighted by atomic mass is 16.5. The molecule has 0 fully saturated rings. The summed E-state index contributed by atoms with van der Waals surface area (Å²) in [6.07, 6.45) is 6.74. The zero-order valence-electron chi connectivity index (χ0n) is 23.2. The molecule has 6 heteroatoms. The molecule has 0 radical (unpaired) electrons. The van der Waals surface area contributed by atoms with E-state index in [2.05, 4.69) is 18.2 Å². The maximum Gasteiger partial charge on any atom is 0.330 e. The predicted molar refractivity (Wildman–Crippen MR) is 154 cm³/mol. The Morgan fingerprint density at radius 1 is 0.718 bits per heavy atom. The van der Waals surface area contributed by atoms with Crippen LogP contribution < -0.4 is 9.47 Å². The molecule has 0 heterocycles. The van der Waals surface area contributed by atoms with E-state index in [1.807, 2.05) is 69.3 Å². The van der Waals surface area contributed by atoms with Gasteiger partial charge < -0.3 is 18.9 Å². The van der Waals surface area contributed by atoms with Gasteiger partial charge in [0, 0.05) is 17.6 Å². The van der Waals surface area contributed by atoms with Crippen molar-refractivity contribution in [1.82, 2.24) is 0 Å². The molecule has 0 spiro atoms. The average molecular weight is 529 g/mol. The number of aryl methyl sites for hydroxylation is 2. The Kier molecular flexibility index (Phi) is 10.5. The summed E-state index contributed by atoms with van der Waals surface area (Å²) in [7, 11) is 3.21. The SMILES string of the molecule is COc1ccc(/C=C/C(=O)OCC(C)(COC(=O)/C=C/c2ccc(OC)cc2)Cc2cc(C)ccc2C)cc1. The first-order valence-electron chi connectivity index (χ1n) is 12.7. The minimum atomic E-state index is -0.633. The molecule has 0 saturated heterocycles. The van der Waals surface area contributed by atoms with Gasteiger partial charge in [0.05, 0.1) is 14.2 Å². The Hall–Kier alpha value is -4.32. The third-order valence-corrected chi connectivity index (χ3v) is 6.30. The van der Waals surface area contributed by atoms with E-state index in [0.29, 0.717) is 6.42 Å². The van der Waals surface area contributed by atoms with Gasteiger partial charge >= 0.3 is 11.9 Å². The Labute approximate surface area is 230 Å². The third-order valence-electron chi connectivity index (χ3n) is 6.30. The lowest BCUT2D eigenvalue weighted by Gasteiger charge is -2.29. The van der Waals surface area contributed by atoms with Crippen molar-refractivity contribution in [2.45, 2.75) is 27.2 Å². The van der Waals surface area contributed by atoms with E-state index >= 15 is 0 Å². The van der Waals surface area contributed by atoms with Crippen molar-refractivity contribution in [3.05, 3.63) is 107 Å². The fourth-order valence-electron chi connectivity index (χ4n) is 3.94. The summed E-state index contributed by atoms with van der Waals surface area (Å²) < 4.78 is 21.6. The van der Waals surface area contributed by atoms with Gasteiger partial charge in [-0.15, -0.1) is 0 Å². The van der Waals surface area contributed by atoms with Gasteiger partial charge in [-0.05, 0) is 78.9 Å². The summed E-state index contributed by atoms with van der Waals surface area (Å²) in [5, 5.41) is 0. The van der Waals surface area contributed by atoms with Gasteiger partial charge in [0.15, 0.2) is 0 Å². The normalized spacial score (nSPS) is 11.5. The number of esters is 2. The molecular formula is C33H36O6. The highest BCUT2D eigenvalue weighted by Gasteiger charge is 2.29. The zero-order chi connectivity index (χ0) is 28.3. The van der Waals surface area contributed by atoms with Crippen LogP contribution in [0.25, 0.3) is 12.2 Å². The summed E-state index contributed by atoms with van der Waals surface area (Å²) in [4.78, 5) is 25.1. The molecule has 0 saturated carbocycles. The number of rotatable bonds is 12. The number of hydrogen-bond acceptors (Lipinski definition) is 6. The quantitative estimate of drug-likeness (QED) is 0.201. The molecule has 0 aliphatic rings. The van der Waals surface area contributed by atoms with Crippen LogP contribution in [0.15, 0.2) is 78.9 Å². The van der Waals surface area contributed by atoms with Crippen molar-refractivity contribution in [2.24, 2.45) is 5.41 Å². The van der Waals surface area contributed by atoms with Crippen LogP contribution in [-0.4, -0.2) is 39.4 Å². The second-order valence-corrected chi connectivity index (χ2v) is 9.85. The van der Waals surface area contributed by atoms with Crippen molar-refractivity contribution in [1.29, 1.82) is 0 Å². The van der Waals surface area contributed by atoms with Crippen molar-refractivity contribution >= 4 is 24.1 Å². The molecule has 0 N–H and O–H groups in total. The molecule has 0 unspecified atom stereocenters. The summed E-state index contributed by atoms with van der Waals surface area (Å²) in [5.74, 6) is 0.545. The van der Waals surface area contributed by atoms with Crippen LogP contribution in [0.5, 0.6) is 11.5 Å². The Morgan fingerprint density at radius 2 is 1.18 bits per heavy atom. The number of ether oxygens (including phenoxy) is 4. The van der Waals surface area contributed by atoms with E-state index in [4.69, 9.17) is 18.9 Å². The molecule has 3 aromatic rings. The lowest BCUT2D eigenvalue weighted by molar-refractivity contribution is -0.147. The molecule has 0 aliphatic carbocycles. The van der Waals surface area contributed by atoms with Gasteiger partial charge in [-0.2, -0.15) is 0 Å². The molecule has 0 atom stereocenters. The standard InChI is InChI=1S/C33H36O6/c1-24-6-7-25(2)28(20-24)21-33(3,22-38-31(34)18-12-26-8-14-29(36-4)15-9-26)23-39-32(35)19-13-27-10-16-30(37-5)17-11-27/h6-20H,21-23H2,1-5H3/b18-12+,19-13+. The predicted octanol–water partition coefficient (Wildman–Crippen LogP) is 6.38. The Morgan fingerprint density at radius 3 is 1.62 bits per heavy atom. The number of benzene rings is 3. The van der Waals surface area contributed by atoms with Gasteiger partial charge in [-0.1, -0.05) is 55.0 Å². The van der Waals surface area contributed by atoms with E-state index in [1.54, 1.807) is 26.4 Å². The van der Waals surface area contributed by atoms with Crippen molar-refractivity contribution in [3.63, 3.8) is 0 Å². The van der Waals surface area contributed by atoms with Crippen molar-refractivity contribution in [2.75, 3.05) is 27.4 Å². The average Bonchev–Trinajstić information content (AvgIpc) is 2.95. The van der Waals surface area contributed by atoms with Crippen LogP contribution in [0.1, 0.15) is 34.7 Å². The fourth-order valence-corrected chi connectivity index (χ4v) is 3.94. The minimum absolute atomic E-state index is 0.0850. The summed E-state index contributed by atoms with van der Waals surface area (Å²) in [6, 6.07) is 20.9. The Balaban J connectivity index is 1.66. The van der Waals surface area contributed by atoms with Crippen LogP contribution in [0.3, 0.4) is 0 Å². The van der Waals surface area contributed by atoms with E-state index < -0.39 is 17.4 Å². The Bertz CT molecular complexity index is 1230. The van der Waals surface area contributed by atoms with Crippen molar-refractivity contribution < 1.29 is 28.5 Å². The number of hydrogen-bond donors (Lipinski definition) is 0. The highest BCUT2D eigenvalue weighted by Crippen LogP contribution is 2.27. The molecule has 39 heavy (non-hydrogen) atoms. The maximum atomic E-state index is 12.5. The molecule has 6 nitrogen and oxygen atoms in total. The topological polar surface area (TPSA) is 71.1 Å². The molecule has 3 aromatic carbocycles. The first-order valence-corrected chi connectivity index (χ1v) is 12.7. The molecule has 0 amide bonds. The van der Waals surface area contributed by atoms with Crippen LogP contribution >= 0.6 is 0 Å². The second-order valence-electron chi connectivity index (χ2n) is 9.85. The van der Waals surface area contributed by atoms with Gasteiger partial charge in [0.1, 0.15) is 24.7 Å². The second kappa shape index (κ2) is 14.0. The van der Waals surface area contributed by atoms with Crippen LogP contribution in [0.2, 0.25) is 0 Å². The third kappa shape index (κ3) is 9.49. The largest absolute Gasteiger partial charge is 0.497 e. The molecule has 0 aliphatic heterocycles. The van der Waals surface area contributed by atoms with Crippen LogP contribution in [-0.2, 0) is 25.5 Å². The lowest BCUT2D eigenvalue weighted by atomic mass is 9.83. The van der Waals surface area contributed by atoms with E-state index in [-0.39, 0.29) is 13.2 Å². The van der Waals surface area contributed by atoms with Gasteiger partial charge in [0.25, 0.3) is 0 Å². The fraction of sp³-hybridized carbons (Fsp3) is 0.273. The maximum absolute atomic E-state index is 12.5. The molecule has 0 bridgehead atoms. The lowest BCUT2D eigenvalue weighted by Crippen LogP contribution is -2.33. The smallest absolute Gasteiger partial charge is 0.330 e. The van der Waals surface area contributed by atoms with E-state index in [0.717, 1.165) is 39.3 Å². The highest BCUT2D eigenvalue weighted by molar-refractivity contribution is 5.87. The number of methoxy groups -OCH3 is 2. The zero-order valence-corrected chi connectivity index (χ0v) is 23.2.